The molecule has 0 saturated heterocycles. The van der Waals surface area contributed by atoms with E-state index in [2.05, 4.69) is 34.6 Å². The molecule has 2 aromatic heterocycles. The van der Waals surface area contributed by atoms with Gasteiger partial charge in [0.25, 0.3) is 0 Å². The van der Waals surface area contributed by atoms with Gasteiger partial charge in [-0.15, -0.1) is 0 Å². The predicted octanol–water partition coefficient (Wildman–Crippen LogP) is 3.24. The number of aromatic nitrogens is 3. The van der Waals surface area contributed by atoms with E-state index in [1.54, 1.807) is 0 Å². The second-order valence-electron chi connectivity index (χ2n) is 4.95. The highest BCUT2D eigenvalue weighted by Gasteiger charge is 2.27. The van der Waals surface area contributed by atoms with Crippen molar-refractivity contribution in [3.63, 3.8) is 0 Å². The quantitative estimate of drug-likeness (QED) is 0.912. The molecule has 0 aromatic carbocycles. The van der Waals surface area contributed by atoms with E-state index in [1.807, 2.05) is 30.8 Å². The summed E-state index contributed by atoms with van der Waals surface area (Å²) in [4.78, 5) is 9.00. The van der Waals surface area contributed by atoms with Crippen LogP contribution in [0.2, 0.25) is 0 Å². The summed E-state index contributed by atoms with van der Waals surface area (Å²) in [5.74, 6) is 0.563. The van der Waals surface area contributed by atoms with Gasteiger partial charge in [0, 0.05) is 17.0 Å². The first-order valence-electron chi connectivity index (χ1n) is 6.69. The van der Waals surface area contributed by atoms with E-state index in [0.717, 1.165) is 36.2 Å². The number of aryl methyl sites for hydroxylation is 1. The summed E-state index contributed by atoms with van der Waals surface area (Å²) in [5, 5.41) is 0. The molecule has 0 aliphatic heterocycles. The average Bonchev–Trinajstić information content (AvgIpc) is 2.72. The standard InChI is InChI=1S/C14H22N4S/c1-5-14(6-2,19-4)9-18-12-11(17-13(18)15)8-7-10(3)16-12/h7-8H,5-6,9H2,1-4H3,(H2,15,17). The molecule has 2 aromatic rings. The Morgan fingerprint density at radius 3 is 2.53 bits per heavy atom. The van der Waals surface area contributed by atoms with Gasteiger partial charge in [-0.1, -0.05) is 13.8 Å². The van der Waals surface area contributed by atoms with E-state index in [1.165, 1.54) is 0 Å². The number of hydrogen-bond acceptors (Lipinski definition) is 4. The van der Waals surface area contributed by atoms with Crippen LogP contribution in [0.1, 0.15) is 32.4 Å². The zero-order valence-corrected chi connectivity index (χ0v) is 12.9. The summed E-state index contributed by atoms with van der Waals surface area (Å²) < 4.78 is 2.26. The maximum Gasteiger partial charge on any atom is 0.202 e. The second kappa shape index (κ2) is 5.41. The molecule has 5 heteroatoms. The predicted molar refractivity (Wildman–Crippen MR) is 83.5 cm³/mol. The SMILES string of the molecule is CCC(CC)(Cn1c(N)nc2ccc(C)nc21)SC. The third kappa shape index (κ3) is 2.56. The first kappa shape index (κ1) is 14.2. The summed E-state index contributed by atoms with van der Waals surface area (Å²) in [5.41, 5.74) is 8.85. The average molecular weight is 278 g/mol. The molecule has 4 nitrogen and oxygen atoms in total. The van der Waals surface area contributed by atoms with E-state index >= 15 is 0 Å². The van der Waals surface area contributed by atoms with Crippen LogP contribution in [0.25, 0.3) is 11.2 Å². The maximum atomic E-state index is 6.08. The number of nitrogens with zero attached hydrogens (tertiary/aromatic N) is 3. The molecule has 19 heavy (non-hydrogen) atoms. The number of pyridine rings is 1. The summed E-state index contributed by atoms with van der Waals surface area (Å²) in [6, 6.07) is 3.96. The smallest absolute Gasteiger partial charge is 0.202 e. The lowest BCUT2D eigenvalue weighted by atomic mass is 10.0. The highest BCUT2D eigenvalue weighted by molar-refractivity contribution is 8.00. The van der Waals surface area contributed by atoms with Crippen molar-refractivity contribution in [1.29, 1.82) is 0 Å². The summed E-state index contributed by atoms with van der Waals surface area (Å²) in [7, 11) is 0. The minimum absolute atomic E-state index is 0.202. The van der Waals surface area contributed by atoms with Crippen molar-refractivity contribution in [3.8, 4) is 0 Å². The third-order valence-electron chi connectivity index (χ3n) is 3.93. The van der Waals surface area contributed by atoms with Gasteiger partial charge in [-0.3, -0.25) is 4.57 Å². The molecule has 0 unspecified atom stereocenters. The zero-order chi connectivity index (χ0) is 14.0. The van der Waals surface area contributed by atoms with Gasteiger partial charge in [0.2, 0.25) is 5.95 Å². The van der Waals surface area contributed by atoms with Crippen LogP contribution in [-0.2, 0) is 6.54 Å². The van der Waals surface area contributed by atoms with E-state index in [4.69, 9.17) is 5.73 Å². The number of fused-ring (bicyclic) bond motifs is 1. The molecular weight excluding hydrogens is 256 g/mol. The number of imidazole rings is 1. The number of thioether (sulfide) groups is 1. The highest BCUT2D eigenvalue weighted by Crippen LogP contribution is 2.34. The van der Waals surface area contributed by atoms with Crippen LogP contribution in [0, 0.1) is 6.92 Å². The lowest BCUT2D eigenvalue weighted by molar-refractivity contribution is 0.475. The van der Waals surface area contributed by atoms with Gasteiger partial charge < -0.3 is 5.73 Å². The normalized spacial score (nSPS) is 12.2. The van der Waals surface area contributed by atoms with Gasteiger partial charge in [0.1, 0.15) is 5.52 Å². The minimum atomic E-state index is 0.202. The van der Waals surface area contributed by atoms with E-state index in [0.29, 0.717) is 5.95 Å². The molecule has 0 bridgehead atoms. The van der Waals surface area contributed by atoms with Gasteiger partial charge in [0.05, 0.1) is 0 Å². The van der Waals surface area contributed by atoms with E-state index in [-0.39, 0.29) is 4.75 Å². The Balaban J connectivity index is 2.50. The fourth-order valence-electron chi connectivity index (χ4n) is 2.38. The zero-order valence-electron chi connectivity index (χ0n) is 12.1. The Morgan fingerprint density at radius 1 is 1.26 bits per heavy atom. The Bertz CT molecular complexity index is 564. The Labute approximate surface area is 118 Å². The molecule has 0 aliphatic carbocycles. The number of hydrogen-bond donors (Lipinski definition) is 1. The van der Waals surface area contributed by atoms with Crippen molar-refractivity contribution >= 4 is 28.9 Å². The van der Waals surface area contributed by atoms with Crippen molar-refractivity contribution in [2.24, 2.45) is 0 Å². The summed E-state index contributed by atoms with van der Waals surface area (Å²) >= 11 is 1.91. The van der Waals surface area contributed by atoms with Gasteiger partial charge in [-0.05, 0) is 38.2 Å². The van der Waals surface area contributed by atoms with E-state index < -0.39 is 0 Å². The van der Waals surface area contributed by atoms with Gasteiger partial charge >= 0.3 is 0 Å². The molecule has 2 rings (SSSR count). The largest absolute Gasteiger partial charge is 0.369 e. The number of anilines is 1. The molecule has 2 heterocycles. The minimum Gasteiger partial charge on any atom is -0.369 e. The molecule has 0 saturated carbocycles. The van der Waals surface area contributed by atoms with Crippen LogP contribution < -0.4 is 5.73 Å². The first-order valence-corrected chi connectivity index (χ1v) is 7.92. The third-order valence-corrected chi connectivity index (χ3v) is 5.50. The number of rotatable bonds is 5. The molecule has 0 amide bonds. The number of nitrogens with two attached hydrogens (primary N) is 1. The Morgan fingerprint density at radius 2 is 1.95 bits per heavy atom. The fraction of sp³-hybridized carbons (Fsp3) is 0.571. The van der Waals surface area contributed by atoms with Gasteiger partial charge in [-0.25, -0.2) is 9.97 Å². The molecular formula is C14H22N4S. The Kier molecular flexibility index (Phi) is 4.04. The van der Waals surface area contributed by atoms with E-state index in [9.17, 15) is 0 Å². The molecule has 0 spiro atoms. The van der Waals surface area contributed by atoms with Crippen LogP contribution in [0.3, 0.4) is 0 Å². The Hall–Kier alpha value is -1.23. The fourth-order valence-corrected chi connectivity index (χ4v) is 3.22. The number of nitrogen functional groups attached to an aromatic ring is 1. The summed E-state index contributed by atoms with van der Waals surface area (Å²) in [6.07, 6.45) is 4.38. The van der Waals surface area contributed by atoms with Crippen LogP contribution in [0.5, 0.6) is 0 Å². The first-order chi connectivity index (χ1) is 9.05. The molecule has 0 atom stereocenters. The molecule has 0 aliphatic rings. The van der Waals surface area contributed by atoms with Crippen molar-refractivity contribution in [3.05, 3.63) is 17.8 Å². The lowest BCUT2D eigenvalue weighted by Gasteiger charge is -2.30. The molecule has 2 N–H and O–H groups in total. The maximum absolute atomic E-state index is 6.08. The van der Waals surface area contributed by atoms with Crippen molar-refractivity contribution < 1.29 is 0 Å². The van der Waals surface area contributed by atoms with Crippen LogP contribution in [0.15, 0.2) is 12.1 Å². The van der Waals surface area contributed by atoms with Gasteiger partial charge in [0.15, 0.2) is 5.65 Å². The second-order valence-corrected chi connectivity index (χ2v) is 6.22. The lowest BCUT2D eigenvalue weighted by Crippen LogP contribution is -2.29. The van der Waals surface area contributed by atoms with Crippen molar-refractivity contribution in [2.75, 3.05) is 12.0 Å². The monoisotopic (exact) mass is 278 g/mol. The molecule has 0 fully saturated rings. The van der Waals surface area contributed by atoms with Crippen LogP contribution in [-0.4, -0.2) is 25.5 Å². The highest BCUT2D eigenvalue weighted by atomic mass is 32.2. The van der Waals surface area contributed by atoms with Crippen molar-refractivity contribution in [1.82, 2.24) is 14.5 Å². The topological polar surface area (TPSA) is 56.7 Å². The molecule has 104 valence electrons. The van der Waals surface area contributed by atoms with Crippen molar-refractivity contribution in [2.45, 2.75) is 44.9 Å². The molecule has 0 radical (unpaired) electrons. The summed E-state index contributed by atoms with van der Waals surface area (Å²) in [6.45, 7) is 7.32. The van der Waals surface area contributed by atoms with Crippen LogP contribution >= 0.6 is 11.8 Å². The van der Waals surface area contributed by atoms with Gasteiger partial charge in [-0.2, -0.15) is 11.8 Å². The van der Waals surface area contributed by atoms with Crippen LogP contribution in [0.4, 0.5) is 5.95 Å².